The number of carbonyl (C=O) groups excluding carboxylic acids is 1. The molecule has 1 N–H and O–H groups in total. The van der Waals surface area contributed by atoms with Gasteiger partial charge < -0.3 is 10.1 Å². The molecule has 6 nitrogen and oxygen atoms in total. The number of amides is 1. The minimum atomic E-state index is -0.254. The van der Waals surface area contributed by atoms with Gasteiger partial charge in [-0.05, 0) is 29.3 Å². The van der Waals surface area contributed by atoms with Crippen LogP contribution in [0.3, 0.4) is 0 Å². The second-order valence-corrected chi connectivity index (χ2v) is 7.86. The maximum Gasteiger partial charge on any atom is 0.274 e. The number of nitrogens with zero attached hydrogens (tertiary/aromatic N) is 3. The number of benzene rings is 2. The van der Waals surface area contributed by atoms with E-state index in [1.807, 2.05) is 18.2 Å². The Balaban J connectivity index is 1.41. The van der Waals surface area contributed by atoms with Crippen molar-refractivity contribution in [3.8, 4) is 11.1 Å². The third-order valence-corrected chi connectivity index (χ3v) is 5.65. The number of hydrogen-bond donors (Lipinski definition) is 1. The summed E-state index contributed by atoms with van der Waals surface area (Å²) in [7, 11) is 0. The maximum atomic E-state index is 12.7. The predicted octanol–water partition coefficient (Wildman–Crippen LogP) is 4.38. The van der Waals surface area contributed by atoms with Crippen molar-refractivity contribution in [2.45, 2.75) is 6.54 Å². The fraction of sp³-hybridized carbons (Fsp3) is 0.192. The van der Waals surface area contributed by atoms with Gasteiger partial charge in [-0.2, -0.15) is 0 Å². The molecule has 32 heavy (non-hydrogen) atoms. The number of para-hydroxylation sites is 1. The summed E-state index contributed by atoms with van der Waals surface area (Å²) in [6.45, 7) is 4.47. The third-order valence-electron chi connectivity index (χ3n) is 5.65. The number of hydrogen-bond acceptors (Lipinski definition) is 5. The molecule has 160 valence electrons. The maximum absolute atomic E-state index is 12.7. The van der Waals surface area contributed by atoms with E-state index < -0.39 is 0 Å². The number of aromatic nitrogens is 2. The Morgan fingerprint density at radius 1 is 0.969 bits per heavy atom. The molecule has 0 aliphatic carbocycles. The fourth-order valence-electron chi connectivity index (χ4n) is 3.95. The normalized spacial score (nSPS) is 14.4. The number of rotatable bonds is 5. The number of carbonyl (C=O) groups is 1. The Morgan fingerprint density at radius 3 is 2.59 bits per heavy atom. The Kier molecular flexibility index (Phi) is 5.87. The number of ether oxygens (including phenoxy) is 1. The van der Waals surface area contributed by atoms with Crippen LogP contribution in [0.4, 0.5) is 5.69 Å². The molecule has 1 amide bonds. The Labute approximate surface area is 186 Å². The topological polar surface area (TPSA) is 67.4 Å². The van der Waals surface area contributed by atoms with Crippen LogP contribution in [0, 0.1) is 0 Å². The summed E-state index contributed by atoms with van der Waals surface area (Å²) in [6.07, 6.45) is 3.28. The van der Waals surface area contributed by atoms with Crippen LogP contribution in [0.5, 0.6) is 0 Å². The van der Waals surface area contributed by atoms with Gasteiger partial charge in [0.2, 0.25) is 0 Å². The van der Waals surface area contributed by atoms with Crippen LogP contribution in [0.1, 0.15) is 16.1 Å². The predicted molar refractivity (Wildman–Crippen MR) is 125 cm³/mol. The number of nitrogens with one attached hydrogen (secondary N) is 1. The standard InChI is InChI=1S/C26H24N4O2/c31-26(28-22-4-2-12-27-17-22)24-11-10-21-3-1-5-23(25(21)29-24)20-8-6-19(7-9-20)18-30-13-15-32-16-14-30/h1-12,17H,13-16,18H2,(H,28,31). The van der Waals surface area contributed by atoms with Gasteiger partial charge in [-0.25, -0.2) is 4.98 Å². The zero-order valence-electron chi connectivity index (χ0n) is 17.7. The number of anilines is 1. The van der Waals surface area contributed by atoms with E-state index in [4.69, 9.17) is 9.72 Å². The van der Waals surface area contributed by atoms with Gasteiger partial charge in [-0.1, -0.05) is 48.5 Å². The lowest BCUT2D eigenvalue weighted by Crippen LogP contribution is -2.35. The van der Waals surface area contributed by atoms with Gasteiger partial charge >= 0.3 is 0 Å². The quantitative estimate of drug-likeness (QED) is 0.515. The summed E-state index contributed by atoms with van der Waals surface area (Å²) < 4.78 is 5.43. The van der Waals surface area contributed by atoms with Gasteiger partial charge in [-0.15, -0.1) is 0 Å². The van der Waals surface area contributed by atoms with E-state index in [1.54, 1.807) is 30.6 Å². The number of fused-ring (bicyclic) bond motifs is 1. The lowest BCUT2D eigenvalue weighted by atomic mass is 10.0. The smallest absolute Gasteiger partial charge is 0.274 e. The van der Waals surface area contributed by atoms with Crippen LogP contribution < -0.4 is 5.32 Å². The zero-order valence-corrected chi connectivity index (χ0v) is 17.7. The Hall–Kier alpha value is -3.61. The van der Waals surface area contributed by atoms with Crippen molar-refractivity contribution in [1.82, 2.24) is 14.9 Å². The van der Waals surface area contributed by atoms with E-state index in [0.29, 0.717) is 11.4 Å². The lowest BCUT2D eigenvalue weighted by molar-refractivity contribution is 0.0342. The molecular formula is C26H24N4O2. The van der Waals surface area contributed by atoms with Gasteiger partial charge in [0.1, 0.15) is 5.69 Å². The molecule has 0 spiro atoms. The van der Waals surface area contributed by atoms with Crippen LogP contribution in [-0.4, -0.2) is 47.1 Å². The minimum absolute atomic E-state index is 0.254. The highest BCUT2D eigenvalue weighted by Gasteiger charge is 2.13. The molecule has 0 radical (unpaired) electrons. The van der Waals surface area contributed by atoms with Crippen molar-refractivity contribution >= 4 is 22.5 Å². The highest BCUT2D eigenvalue weighted by atomic mass is 16.5. The first-order valence-corrected chi connectivity index (χ1v) is 10.8. The molecule has 1 aliphatic rings. The van der Waals surface area contributed by atoms with E-state index in [2.05, 4.69) is 45.5 Å². The van der Waals surface area contributed by atoms with Gasteiger partial charge in [-0.3, -0.25) is 14.7 Å². The van der Waals surface area contributed by atoms with Crippen LogP contribution in [0.2, 0.25) is 0 Å². The molecule has 3 heterocycles. The summed E-state index contributed by atoms with van der Waals surface area (Å²) >= 11 is 0. The molecule has 6 heteroatoms. The first-order valence-electron chi connectivity index (χ1n) is 10.8. The average Bonchev–Trinajstić information content (AvgIpc) is 2.85. The Morgan fingerprint density at radius 2 is 1.81 bits per heavy atom. The summed E-state index contributed by atoms with van der Waals surface area (Å²) in [5.74, 6) is -0.254. The fourth-order valence-corrected chi connectivity index (χ4v) is 3.95. The highest BCUT2D eigenvalue weighted by molar-refractivity contribution is 6.05. The van der Waals surface area contributed by atoms with Crippen molar-refractivity contribution < 1.29 is 9.53 Å². The van der Waals surface area contributed by atoms with Crippen molar-refractivity contribution in [1.29, 1.82) is 0 Å². The molecule has 5 rings (SSSR count). The molecule has 1 fully saturated rings. The van der Waals surface area contributed by atoms with E-state index in [-0.39, 0.29) is 5.91 Å². The van der Waals surface area contributed by atoms with Gasteiger partial charge in [0.25, 0.3) is 5.91 Å². The van der Waals surface area contributed by atoms with Gasteiger partial charge in [0, 0.05) is 36.8 Å². The first kappa shape index (κ1) is 20.3. The van der Waals surface area contributed by atoms with E-state index in [1.165, 1.54) is 5.56 Å². The summed E-state index contributed by atoms with van der Waals surface area (Å²) in [5.41, 5.74) is 5.20. The molecule has 0 unspecified atom stereocenters. The third kappa shape index (κ3) is 4.51. The molecule has 0 bridgehead atoms. The number of morpholine rings is 1. The summed E-state index contributed by atoms with van der Waals surface area (Å²) in [5, 5.41) is 3.85. The van der Waals surface area contributed by atoms with E-state index in [9.17, 15) is 4.79 Å². The second-order valence-electron chi connectivity index (χ2n) is 7.86. The molecule has 2 aromatic carbocycles. The average molecular weight is 425 g/mol. The lowest BCUT2D eigenvalue weighted by Gasteiger charge is -2.26. The van der Waals surface area contributed by atoms with Crippen LogP contribution >= 0.6 is 0 Å². The molecule has 1 aliphatic heterocycles. The summed E-state index contributed by atoms with van der Waals surface area (Å²) in [4.78, 5) is 23.9. The monoisotopic (exact) mass is 424 g/mol. The van der Waals surface area contributed by atoms with Gasteiger partial charge in [0.15, 0.2) is 0 Å². The molecule has 2 aromatic heterocycles. The van der Waals surface area contributed by atoms with E-state index >= 15 is 0 Å². The van der Waals surface area contributed by atoms with Crippen molar-refractivity contribution in [2.24, 2.45) is 0 Å². The van der Waals surface area contributed by atoms with Crippen LogP contribution in [-0.2, 0) is 11.3 Å². The summed E-state index contributed by atoms with van der Waals surface area (Å²) in [6, 6.07) is 22.0. The molecule has 4 aromatic rings. The molecular weight excluding hydrogens is 400 g/mol. The van der Waals surface area contributed by atoms with Gasteiger partial charge in [0.05, 0.1) is 30.6 Å². The molecule has 0 atom stereocenters. The van der Waals surface area contributed by atoms with Crippen molar-refractivity contribution in [3.63, 3.8) is 0 Å². The highest BCUT2D eigenvalue weighted by Crippen LogP contribution is 2.28. The van der Waals surface area contributed by atoms with Crippen LogP contribution in [0.25, 0.3) is 22.0 Å². The minimum Gasteiger partial charge on any atom is -0.379 e. The van der Waals surface area contributed by atoms with E-state index in [0.717, 1.165) is 54.9 Å². The first-order chi connectivity index (χ1) is 15.8. The molecule has 1 saturated heterocycles. The Bertz CT molecular complexity index is 1220. The van der Waals surface area contributed by atoms with Crippen LogP contribution in [0.15, 0.2) is 79.1 Å². The van der Waals surface area contributed by atoms with Crippen molar-refractivity contribution in [2.75, 3.05) is 31.6 Å². The molecule has 0 saturated carbocycles. The number of pyridine rings is 2. The van der Waals surface area contributed by atoms with Crippen molar-refractivity contribution in [3.05, 3.63) is 90.4 Å². The SMILES string of the molecule is O=C(Nc1cccnc1)c1ccc2cccc(-c3ccc(CN4CCOCC4)cc3)c2n1. The second kappa shape index (κ2) is 9.26. The largest absolute Gasteiger partial charge is 0.379 e. The zero-order chi connectivity index (χ0) is 21.8.